The van der Waals surface area contributed by atoms with Gasteiger partial charge < -0.3 is 44.9 Å². The molecule has 0 unspecified atom stereocenters. The summed E-state index contributed by atoms with van der Waals surface area (Å²) in [6, 6.07) is 9.11. The van der Waals surface area contributed by atoms with Crippen LogP contribution in [0.2, 0.25) is 0 Å². The molecule has 0 heterocycles. The summed E-state index contributed by atoms with van der Waals surface area (Å²) in [7, 11) is 5.89. The van der Waals surface area contributed by atoms with Gasteiger partial charge in [0.1, 0.15) is 22.8 Å². The van der Waals surface area contributed by atoms with Gasteiger partial charge in [-0.3, -0.25) is 24.1 Å². The zero-order chi connectivity index (χ0) is 38.9. The lowest BCUT2D eigenvalue weighted by Crippen LogP contribution is -2.65. The van der Waals surface area contributed by atoms with E-state index < -0.39 is 76.9 Å². The third-order valence-corrected chi connectivity index (χ3v) is 10.1. The number of methoxy groups -OCH3 is 1. The number of ketones is 2. The number of amides is 2. The van der Waals surface area contributed by atoms with E-state index in [4.69, 9.17) is 14.2 Å². The molecule has 2 amide bonds. The number of hydrogen-bond donors (Lipinski definition) is 5. The molecule has 284 valence electrons. The maximum absolute atomic E-state index is 14.2. The second kappa shape index (κ2) is 15.4. The zero-order valence-corrected chi connectivity index (χ0v) is 30.5. The number of aliphatic hydroxyl groups is 3. The van der Waals surface area contributed by atoms with Crippen molar-refractivity contribution in [2.24, 2.45) is 17.8 Å². The fourth-order valence-electron chi connectivity index (χ4n) is 7.46. The molecule has 0 spiro atoms. The van der Waals surface area contributed by atoms with Crippen molar-refractivity contribution in [3.63, 3.8) is 0 Å². The second-order valence-corrected chi connectivity index (χ2v) is 13.9. The predicted octanol–water partition coefficient (Wildman–Crippen LogP) is 2.63. The Labute approximate surface area is 306 Å². The molecule has 5 N–H and O–H groups in total. The van der Waals surface area contributed by atoms with Gasteiger partial charge in [0.2, 0.25) is 12.6 Å². The molecule has 5 rings (SSSR count). The van der Waals surface area contributed by atoms with Crippen LogP contribution in [0.5, 0.6) is 5.75 Å². The van der Waals surface area contributed by atoms with Crippen LogP contribution in [0.25, 0.3) is 16.9 Å². The van der Waals surface area contributed by atoms with Gasteiger partial charge in [-0.2, -0.15) is 0 Å². The molecule has 0 bridgehead atoms. The number of aliphatic hydroxyl groups excluding tert-OH is 2. The van der Waals surface area contributed by atoms with Crippen molar-refractivity contribution >= 4 is 35.3 Å². The average molecular weight is 736 g/mol. The molecule has 15 nitrogen and oxygen atoms in total. The summed E-state index contributed by atoms with van der Waals surface area (Å²) < 4.78 is 15.3. The first-order chi connectivity index (χ1) is 25.1. The number of nitrogens with zero attached hydrogens (tertiary/aromatic N) is 2. The number of fused-ring (bicyclic) bond motifs is 3. The van der Waals surface area contributed by atoms with Crippen molar-refractivity contribution in [2.45, 2.75) is 44.9 Å². The zero-order valence-electron chi connectivity index (χ0n) is 30.5. The van der Waals surface area contributed by atoms with Gasteiger partial charge in [-0.25, -0.2) is 4.79 Å². The van der Waals surface area contributed by atoms with Crippen molar-refractivity contribution < 1.29 is 58.6 Å². The van der Waals surface area contributed by atoms with Crippen LogP contribution in [0, 0.1) is 17.8 Å². The molecule has 0 radical (unpaired) electrons. The quantitative estimate of drug-likeness (QED) is 0.128. The minimum atomic E-state index is -2.69. The lowest BCUT2D eigenvalue weighted by Gasteiger charge is -2.50. The maximum atomic E-state index is 14.2. The van der Waals surface area contributed by atoms with Gasteiger partial charge in [0.15, 0.2) is 11.4 Å². The molecule has 0 aromatic heterocycles. The SMILES string of the molecule is CNC(=O)C1=C(O)[C@@]2(O)C(=O)C3=C(O)c4c(O)ccc(-c5ccc(CN(CCOC)C(=O)OCOC(=O)C(C)C)cc5)c4C[C@H]3C[C@H]2[C@H](N(C)C)C1=O. The van der Waals surface area contributed by atoms with Crippen LogP contribution in [-0.4, -0.2) is 120 Å². The number of Topliss-reactive ketones (excluding diaryl/α,β-unsaturated/α-hetero) is 2. The van der Waals surface area contributed by atoms with Crippen LogP contribution in [-0.2, 0) is 46.4 Å². The van der Waals surface area contributed by atoms with Crippen molar-refractivity contribution in [1.82, 2.24) is 15.1 Å². The molecule has 4 atom stereocenters. The Balaban J connectivity index is 1.47. The highest BCUT2D eigenvalue weighted by atomic mass is 16.7. The van der Waals surface area contributed by atoms with Crippen LogP contribution >= 0.6 is 0 Å². The van der Waals surface area contributed by atoms with E-state index in [2.05, 4.69) is 5.32 Å². The van der Waals surface area contributed by atoms with Gasteiger partial charge in [0.05, 0.1) is 24.1 Å². The van der Waals surface area contributed by atoms with Crippen LogP contribution in [0.3, 0.4) is 0 Å². The number of nitrogens with one attached hydrogen (secondary N) is 1. The van der Waals surface area contributed by atoms with Crippen molar-refractivity contribution in [1.29, 1.82) is 0 Å². The molecule has 53 heavy (non-hydrogen) atoms. The number of likely N-dealkylation sites (N-methyl/N-ethyl adjacent to an activating group) is 2. The van der Waals surface area contributed by atoms with Crippen LogP contribution in [0.1, 0.15) is 37.0 Å². The standard InChI is InChI=1S/C38H45N3O12/c1-19(2)36(48)52-18-53-37(49)41(13-14-51-6)17-20-7-9-21(10-8-20)23-11-12-26(42)28-24(23)15-22-16-25-30(40(4)5)32(44)29(35(47)39-3)34(46)38(25,50)33(45)27(22)31(28)43/h7-12,19,22,25,30,42-43,46,50H,13-18H2,1-6H3,(H,39,47)/t22-,25-,30-,38-/m0/s1. The molecule has 0 saturated heterocycles. The van der Waals surface area contributed by atoms with Crippen molar-refractivity contribution in [2.75, 3.05) is 48.2 Å². The number of phenols is 1. The van der Waals surface area contributed by atoms with Crippen LogP contribution in [0.4, 0.5) is 4.79 Å². The van der Waals surface area contributed by atoms with Crippen molar-refractivity contribution in [3.05, 3.63) is 70.0 Å². The lowest BCUT2D eigenvalue weighted by atomic mass is 9.57. The largest absolute Gasteiger partial charge is 0.508 e. The fourth-order valence-corrected chi connectivity index (χ4v) is 7.46. The Hall–Kier alpha value is -5.25. The molecule has 0 aliphatic heterocycles. The number of ether oxygens (including phenoxy) is 3. The first-order valence-electron chi connectivity index (χ1n) is 17.2. The summed E-state index contributed by atoms with van der Waals surface area (Å²) in [6.45, 7) is 3.37. The van der Waals surface area contributed by atoms with E-state index in [1.165, 1.54) is 30.0 Å². The summed E-state index contributed by atoms with van der Waals surface area (Å²) >= 11 is 0. The number of benzene rings is 2. The summed E-state index contributed by atoms with van der Waals surface area (Å²) in [5.41, 5.74) is -1.04. The van der Waals surface area contributed by atoms with Gasteiger partial charge in [-0.1, -0.05) is 44.2 Å². The van der Waals surface area contributed by atoms with Crippen LogP contribution in [0.15, 0.2) is 53.3 Å². The topological polar surface area (TPSA) is 212 Å². The molecule has 3 aliphatic carbocycles. The normalized spacial score (nSPS) is 22.3. The Morgan fingerprint density at radius 3 is 2.30 bits per heavy atom. The maximum Gasteiger partial charge on any atom is 0.413 e. The van der Waals surface area contributed by atoms with Gasteiger partial charge in [-0.15, -0.1) is 0 Å². The predicted molar refractivity (Wildman–Crippen MR) is 189 cm³/mol. The third-order valence-electron chi connectivity index (χ3n) is 10.1. The molecule has 1 fully saturated rings. The molecule has 2 aromatic carbocycles. The Morgan fingerprint density at radius 1 is 1.02 bits per heavy atom. The third kappa shape index (κ3) is 6.99. The minimum absolute atomic E-state index is 0.00841. The van der Waals surface area contributed by atoms with Gasteiger partial charge >= 0.3 is 12.1 Å². The van der Waals surface area contributed by atoms with E-state index >= 15 is 0 Å². The number of rotatable bonds is 11. The summed E-state index contributed by atoms with van der Waals surface area (Å²) in [6.07, 6.45) is -0.580. The van der Waals surface area contributed by atoms with E-state index in [9.17, 15) is 44.4 Å². The molecule has 1 saturated carbocycles. The average Bonchev–Trinajstić information content (AvgIpc) is 3.11. The van der Waals surface area contributed by atoms with E-state index in [-0.39, 0.29) is 55.3 Å². The number of phenolic OH excluding ortho intramolecular Hbond substituents is 1. The van der Waals surface area contributed by atoms with Gasteiger partial charge in [-0.05, 0) is 61.2 Å². The fraction of sp³-hybridized carbons (Fsp3) is 0.447. The molecule has 2 aromatic rings. The van der Waals surface area contributed by atoms with Crippen molar-refractivity contribution in [3.8, 4) is 16.9 Å². The number of hydrogen-bond acceptors (Lipinski definition) is 13. The summed E-state index contributed by atoms with van der Waals surface area (Å²) in [5, 5.41) is 48.1. The van der Waals surface area contributed by atoms with Gasteiger partial charge in [0, 0.05) is 38.7 Å². The number of aromatic hydroxyl groups is 1. The molecule has 15 heteroatoms. The second-order valence-electron chi connectivity index (χ2n) is 13.9. The summed E-state index contributed by atoms with van der Waals surface area (Å²) in [4.78, 5) is 68.0. The number of carbonyl (C=O) groups excluding carboxylic acids is 5. The van der Waals surface area contributed by atoms with E-state index in [0.717, 1.165) is 5.56 Å². The molecule has 3 aliphatic rings. The first kappa shape index (κ1) is 39.0. The number of esters is 1. The van der Waals surface area contributed by atoms with Gasteiger partial charge in [0.25, 0.3) is 5.91 Å². The lowest BCUT2D eigenvalue weighted by molar-refractivity contribution is -0.156. The first-order valence-corrected chi connectivity index (χ1v) is 17.2. The number of carbonyl (C=O) groups is 5. The Kier molecular flexibility index (Phi) is 11.3. The van der Waals surface area contributed by atoms with E-state index in [1.807, 2.05) is 0 Å². The minimum Gasteiger partial charge on any atom is -0.508 e. The highest BCUT2D eigenvalue weighted by Crippen LogP contribution is 2.53. The van der Waals surface area contributed by atoms with Crippen LogP contribution < -0.4 is 5.32 Å². The summed E-state index contributed by atoms with van der Waals surface area (Å²) in [5.74, 6) is -7.47. The molecular formula is C38H45N3O12. The highest BCUT2D eigenvalue weighted by molar-refractivity contribution is 6.25. The molecular weight excluding hydrogens is 690 g/mol. The monoisotopic (exact) mass is 735 g/mol. The highest BCUT2D eigenvalue weighted by Gasteiger charge is 2.64. The van der Waals surface area contributed by atoms with E-state index in [0.29, 0.717) is 16.7 Å². The Morgan fingerprint density at radius 2 is 1.70 bits per heavy atom. The van der Waals surface area contributed by atoms with E-state index in [1.54, 1.807) is 58.3 Å². The smallest absolute Gasteiger partial charge is 0.413 e. The Bertz CT molecular complexity index is 1880.